The van der Waals surface area contributed by atoms with Gasteiger partial charge in [0, 0.05) is 34.7 Å². The molecule has 4 aromatic rings. The van der Waals surface area contributed by atoms with Crippen LogP contribution in [-0.2, 0) is 14.8 Å². The van der Waals surface area contributed by atoms with Crippen LogP contribution in [0.15, 0.2) is 65.1 Å². The lowest BCUT2D eigenvalue weighted by atomic mass is 10.0. The summed E-state index contributed by atoms with van der Waals surface area (Å²) in [6.07, 6.45) is 3.88. The first-order valence-corrected chi connectivity index (χ1v) is 11.3. The molecule has 0 bridgehead atoms. The maximum absolute atomic E-state index is 12.8. The largest absolute Gasteiger partial charge is 0.325 e. The molecule has 1 atom stereocenters. The summed E-state index contributed by atoms with van der Waals surface area (Å²) in [7, 11) is -3.77. The Morgan fingerprint density at radius 3 is 2.72 bits per heavy atom. The van der Waals surface area contributed by atoms with E-state index in [4.69, 9.17) is 0 Å². The smallest absolute Gasteiger partial charge is 0.261 e. The highest BCUT2D eigenvalue weighted by molar-refractivity contribution is 7.92. The number of rotatable bonds is 4. The van der Waals surface area contributed by atoms with Gasteiger partial charge in [-0.3, -0.25) is 13.9 Å². The van der Waals surface area contributed by atoms with Crippen LogP contribution < -0.4 is 10.0 Å². The zero-order chi connectivity index (χ0) is 20.2. The Morgan fingerprint density at radius 2 is 1.97 bits per heavy atom. The number of hydrogen-bond donors (Lipinski definition) is 2. The normalized spacial score (nSPS) is 16.0. The van der Waals surface area contributed by atoms with E-state index in [1.165, 1.54) is 6.07 Å². The monoisotopic (exact) mass is 424 g/mol. The predicted molar refractivity (Wildman–Crippen MR) is 113 cm³/mol. The molecule has 1 unspecified atom stereocenters. The maximum Gasteiger partial charge on any atom is 0.261 e. The van der Waals surface area contributed by atoms with Crippen molar-refractivity contribution >= 4 is 43.6 Å². The number of hydrogen-bond acceptors (Lipinski definition) is 5. The van der Waals surface area contributed by atoms with Crippen molar-refractivity contribution in [3.63, 3.8) is 0 Å². The van der Waals surface area contributed by atoms with E-state index in [1.54, 1.807) is 42.5 Å². The third-order valence-corrected chi connectivity index (χ3v) is 7.13. The molecule has 7 nitrogen and oxygen atoms in total. The molecular formula is C20H16N4O3S2. The van der Waals surface area contributed by atoms with Crippen LogP contribution in [0.3, 0.4) is 0 Å². The summed E-state index contributed by atoms with van der Waals surface area (Å²) < 4.78 is 30.1. The summed E-state index contributed by atoms with van der Waals surface area (Å²) in [6, 6.07) is 11.7. The van der Waals surface area contributed by atoms with E-state index >= 15 is 0 Å². The van der Waals surface area contributed by atoms with Gasteiger partial charge >= 0.3 is 0 Å². The predicted octanol–water partition coefficient (Wildman–Crippen LogP) is 3.92. The number of sulfonamides is 1. The minimum Gasteiger partial charge on any atom is -0.325 e. The average Bonchev–Trinajstić information content (AvgIpc) is 3.36. The molecular weight excluding hydrogens is 408 g/mol. The second-order valence-corrected chi connectivity index (χ2v) is 9.42. The Bertz CT molecular complexity index is 1330. The van der Waals surface area contributed by atoms with Crippen molar-refractivity contribution in [1.29, 1.82) is 0 Å². The summed E-state index contributed by atoms with van der Waals surface area (Å²) >= 11 is 1.55. The molecule has 146 valence electrons. The fourth-order valence-electron chi connectivity index (χ4n) is 3.35. The van der Waals surface area contributed by atoms with Gasteiger partial charge in [-0.25, -0.2) is 13.4 Å². The standard InChI is InChI=1S/C20H16N4O3S2/c1-12-16-10-15(6-7-17(16)21-19(12)25)29(26,27)23-14-4-2-13(3-5-14)18-11-24-8-9-28-20(24)22-18/h2-12,23H,1H3,(H,21,25). The van der Waals surface area contributed by atoms with Crippen LogP contribution >= 0.6 is 11.3 Å². The van der Waals surface area contributed by atoms with Crippen molar-refractivity contribution in [3.05, 3.63) is 65.8 Å². The topological polar surface area (TPSA) is 92.6 Å². The second kappa shape index (κ2) is 6.43. The third-order valence-electron chi connectivity index (χ3n) is 4.98. The van der Waals surface area contributed by atoms with Crippen LogP contribution in [-0.4, -0.2) is 23.7 Å². The molecule has 0 radical (unpaired) electrons. The quantitative estimate of drug-likeness (QED) is 0.519. The molecule has 9 heteroatoms. The molecule has 1 aliphatic rings. The van der Waals surface area contributed by atoms with E-state index < -0.39 is 10.0 Å². The SMILES string of the molecule is CC1C(=O)Nc2ccc(S(=O)(=O)Nc3ccc(-c4cn5ccsc5n4)cc3)cc21. The average molecular weight is 425 g/mol. The van der Waals surface area contributed by atoms with Gasteiger partial charge in [0.25, 0.3) is 10.0 Å². The summed E-state index contributed by atoms with van der Waals surface area (Å²) in [5.41, 5.74) is 3.53. The van der Waals surface area contributed by atoms with E-state index in [9.17, 15) is 13.2 Å². The van der Waals surface area contributed by atoms with Gasteiger partial charge in [-0.1, -0.05) is 12.1 Å². The number of thiazole rings is 1. The van der Waals surface area contributed by atoms with Gasteiger partial charge in [-0.15, -0.1) is 11.3 Å². The Balaban J connectivity index is 1.39. The minimum absolute atomic E-state index is 0.123. The Labute approximate surface area is 171 Å². The lowest BCUT2D eigenvalue weighted by Gasteiger charge is -2.10. The fourth-order valence-corrected chi connectivity index (χ4v) is 5.15. The molecule has 0 fully saturated rings. The highest BCUT2D eigenvalue weighted by atomic mass is 32.2. The van der Waals surface area contributed by atoms with Crippen LogP contribution in [0, 0.1) is 0 Å². The zero-order valence-electron chi connectivity index (χ0n) is 15.3. The second-order valence-electron chi connectivity index (χ2n) is 6.86. The molecule has 0 saturated carbocycles. The molecule has 29 heavy (non-hydrogen) atoms. The molecule has 2 aromatic heterocycles. The van der Waals surface area contributed by atoms with Gasteiger partial charge in [0.15, 0.2) is 4.96 Å². The number of aromatic nitrogens is 2. The molecule has 2 N–H and O–H groups in total. The van der Waals surface area contributed by atoms with Gasteiger partial charge in [-0.2, -0.15) is 0 Å². The Morgan fingerprint density at radius 1 is 1.17 bits per heavy atom. The lowest BCUT2D eigenvalue weighted by Crippen LogP contribution is -2.13. The lowest BCUT2D eigenvalue weighted by molar-refractivity contribution is -0.116. The first kappa shape index (κ1) is 17.9. The highest BCUT2D eigenvalue weighted by Crippen LogP contribution is 2.34. The highest BCUT2D eigenvalue weighted by Gasteiger charge is 2.28. The minimum atomic E-state index is -3.77. The van der Waals surface area contributed by atoms with Crippen LogP contribution in [0.2, 0.25) is 0 Å². The summed E-state index contributed by atoms with van der Waals surface area (Å²) in [5, 5.41) is 4.71. The zero-order valence-corrected chi connectivity index (χ0v) is 16.9. The molecule has 0 saturated heterocycles. The number of amides is 1. The molecule has 0 spiro atoms. The van der Waals surface area contributed by atoms with E-state index in [1.807, 2.05) is 34.3 Å². The number of anilines is 2. The number of benzene rings is 2. The number of nitrogens with zero attached hydrogens (tertiary/aromatic N) is 2. The van der Waals surface area contributed by atoms with Crippen LogP contribution in [0.5, 0.6) is 0 Å². The van der Waals surface area contributed by atoms with Gasteiger partial charge < -0.3 is 5.32 Å². The Hall–Kier alpha value is -3.17. The summed E-state index contributed by atoms with van der Waals surface area (Å²) in [4.78, 5) is 17.4. The number of nitrogens with one attached hydrogen (secondary N) is 2. The molecule has 1 aliphatic heterocycles. The number of carbonyl (C=O) groups is 1. The van der Waals surface area contributed by atoms with Crippen molar-refractivity contribution in [2.24, 2.45) is 0 Å². The van der Waals surface area contributed by atoms with Crippen molar-refractivity contribution in [2.75, 3.05) is 10.0 Å². The van der Waals surface area contributed by atoms with Crippen LogP contribution in [0.4, 0.5) is 11.4 Å². The van der Waals surface area contributed by atoms with Crippen molar-refractivity contribution in [2.45, 2.75) is 17.7 Å². The first-order valence-electron chi connectivity index (χ1n) is 8.91. The van der Waals surface area contributed by atoms with Gasteiger partial charge in [0.05, 0.1) is 16.5 Å². The molecule has 1 amide bonds. The number of carbonyl (C=O) groups excluding carboxylic acids is 1. The third kappa shape index (κ3) is 3.08. The van der Waals surface area contributed by atoms with Gasteiger partial charge in [-0.05, 0) is 42.8 Å². The molecule has 0 aliphatic carbocycles. The molecule has 5 rings (SSSR count). The molecule has 3 heterocycles. The fraction of sp³-hybridized carbons (Fsp3) is 0.100. The van der Waals surface area contributed by atoms with E-state index in [0.29, 0.717) is 16.9 Å². The van der Waals surface area contributed by atoms with E-state index in [2.05, 4.69) is 15.0 Å². The summed E-state index contributed by atoms with van der Waals surface area (Å²) in [6.45, 7) is 1.75. The van der Waals surface area contributed by atoms with Gasteiger partial charge in [0.1, 0.15) is 0 Å². The van der Waals surface area contributed by atoms with E-state index in [0.717, 1.165) is 16.2 Å². The van der Waals surface area contributed by atoms with Gasteiger partial charge in [0.2, 0.25) is 5.91 Å². The Kier molecular flexibility index (Phi) is 3.97. The van der Waals surface area contributed by atoms with Crippen LogP contribution in [0.1, 0.15) is 18.4 Å². The van der Waals surface area contributed by atoms with Crippen molar-refractivity contribution in [3.8, 4) is 11.3 Å². The van der Waals surface area contributed by atoms with E-state index in [-0.39, 0.29) is 16.7 Å². The number of fused-ring (bicyclic) bond motifs is 2. The van der Waals surface area contributed by atoms with Crippen molar-refractivity contribution in [1.82, 2.24) is 9.38 Å². The maximum atomic E-state index is 12.8. The van der Waals surface area contributed by atoms with Crippen molar-refractivity contribution < 1.29 is 13.2 Å². The summed E-state index contributed by atoms with van der Waals surface area (Å²) in [5.74, 6) is -0.499. The first-order chi connectivity index (χ1) is 13.9. The molecule has 2 aromatic carbocycles. The van der Waals surface area contributed by atoms with Crippen LogP contribution in [0.25, 0.3) is 16.2 Å². The number of imidazole rings is 1.